The van der Waals surface area contributed by atoms with Crippen LogP contribution in [0.1, 0.15) is 20.9 Å². The summed E-state index contributed by atoms with van der Waals surface area (Å²) in [4.78, 5) is 16.4. The summed E-state index contributed by atoms with van der Waals surface area (Å²) < 4.78 is 25.7. The number of Topliss-reactive ketones (excluding diaryl/α,β-unsaturated/α-hetero) is 1. The fourth-order valence-electron chi connectivity index (χ4n) is 1.48. The molecule has 0 spiro atoms. The quantitative estimate of drug-likeness (QED) is 0.786. The molecule has 0 saturated carbocycles. The van der Waals surface area contributed by atoms with Crippen molar-refractivity contribution in [3.05, 3.63) is 51.5 Å². The van der Waals surface area contributed by atoms with Gasteiger partial charge in [0.25, 0.3) is 0 Å². The molecule has 0 saturated heterocycles. The maximum Gasteiger partial charge on any atom is 0.179 e. The highest BCUT2D eigenvalue weighted by Crippen LogP contribution is 2.16. The summed E-state index contributed by atoms with van der Waals surface area (Å²) in [5, 5.41) is 0. The second kappa shape index (κ2) is 4.71. The number of hydrogen-bond donors (Lipinski definition) is 0. The summed E-state index contributed by atoms with van der Waals surface area (Å²) >= 11 is 1.26. The van der Waals surface area contributed by atoms with Crippen LogP contribution in [-0.4, -0.2) is 10.8 Å². The van der Waals surface area contributed by atoms with Crippen molar-refractivity contribution in [1.29, 1.82) is 0 Å². The zero-order valence-corrected chi connectivity index (χ0v) is 9.85. The van der Waals surface area contributed by atoms with Gasteiger partial charge < -0.3 is 0 Å². The lowest BCUT2D eigenvalue weighted by Gasteiger charge is -2.01. The number of hydrogen-bond acceptors (Lipinski definition) is 3. The van der Waals surface area contributed by atoms with Crippen molar-refractivity contribution in [2.24, 2.45) is 0 Å². The zero-order valence-electron chi connectivity index (χ0n) is 9.04. The molecule has 0 bridgehead atoms. The minimum absolute atomic E-state index is 0.0558. The Morgan fingerprint density at radius 3 is 2.71 bits per heavy atom. The minimum atomic E-state index is -0.934. The Morgan fingerprint density at radius 2 is 2.12 bits per heavy atom. The molecule has 1 aromatic carbocycles. The third-order valence-corrected chi connectivity index (χ3v) is 3.32. The van der Waals surface area contributed by atoms with Crippen molar-refractivity contribution in [2.45, 2.75) is 13.3 Å². The molecule has 0 aliphatic rings. The Kier molecular flexibility index (Phi) is 3.28. The van der Waals surface area contributed by atoms with Gasteiger partial charge in [-0.05, 0) is 24.6 Å². The first-order valence-corrected chi connectivity index (χ1v) is 5.83. The lowest BCUT2D eigenvalue weighted by Crippen LogP contribution is -2.03. The van der Waals surface area contributed by atoms with E-state index in [9.17, 15) is 13.6 Å². The summed E-state index contributed by atoms with van der Waals surface area (Å²) in [6.45, 7) is 1.75. The van der Waals surface area contributed by atoms with Crippen molar-refractivity contribution in [2.75, 3.05) is 0 Å². The molecule has 0 aliphatic heterocycles. The average molecular weight is 253 g/mol. The molecular weight excluding hydrogens is 244 g/mol. The van der Waals surface area contributed by atoms with E-state index in [1.807, 2.05) is 0 Å². The summed E-state index contributed by atoms with van der Waals surface area (Å²) in [6.07, 6.45) is 0.0558. The van der Waals surface area contributed by atoms with E-state index < -0.39 is 11.6 Å². The number of aromatic nitrogens is 1. The van der Waals surface area contributed by atoms with Gasteiger partial charge in [0.2, 0.25) is 0 Å². The van der Waals surface area contributed by atoms with E-state index in [4.69, 9.17) is 0 Å². The van der Waals surface area contributed by atoms with Gasteiger partial charge in [-0.25, -0.2) is 13.8 Å². The first-order valence-electron chi connectivity index (χ1n) is 4.95. The Hall–Kier alpha value is -1.62. The number of ketones is 1. The van der Waals surface area contributed by atoms with Crippen LogP contribution < -0.4 is 0 Å². The van der Waals surface area contributed by atoms with Crippen LogP contribution in [0, 0.1) is 18.6 Å². The molecular formula is C12H9F2NOS. The van der Waals surface area contributed by atoms with E-state index in [1.54, 1.807) is 12.4 Å². The first kappa shape index (κ1) is 11.9. The van der Waals surface area contributed by atoms with Gasteiger partial charge >= 0.3 is 0 Å². The molecule has 17 heavy (non-hydrogen) atoms. The van der Waals surface area contributed by atoms with Crippen molar-refractivity contribution >= 4 is 17.1 Å². The Bertz CT molecular complexity index is 565. The molecule has 0 radical (unpaired) electrons. The SMILES string of the molecule is Cc1ncsc1C(=O)Cc1ccc(F)c(F)c1. The molecule has 2 aromatic rings. The highest BCUT2D eigenvalue weighted by Gasteiger charge is 2.13. The minimum Gasteiger partial charge on any atom is -0.293 e. The Balaban J connectivity index is 2.19. The highest BCUT2D eigenvalue weighted by molar-refractivity contribution is 7.11. The predicted molar refractivity (Wildman–Crippen MR) is 61.2 cm³/mol. The number of aryl methyl sites for hydroxylation is 1. The number of thiazole rings is 1. The average Bonchev–Trinajstić information content (AvgIpc) is 2.70. The molecule has 0 N–H and O–H groups in total. The monoisotopic (exact) mass is 253 g/mol. The summed E-state index contributed by atoms with van der Waals surface area (Å²) in [7, 11) is 0. The van der Waals surface area contributed by atoms with Crippen LogP contribution in [-0.2, 0) is 6.42 Å². The molecule has 88 valence electrons. The maximum atomic E-state index is 13.0. The van der Waals surface area contributed by atoms with Gasteiger partial charge in [-0.3, -0.25) is 4.79 Å². The van der Waals surface area contributed by atoms with Crippen LogP contribution in [0.25, 0.3) is 0 Å². The van der Waals surface area contributed by atoms with Crippen LogP contribution in [0.4, 0.5) is 8.78 Å². The van der Waals surface area contributed by atoms with E-state index in [0.29, 0.717) is 16.1 Å². The van der Waals surface area contributed by atoms with Crippen LogP contribution in [0.2, 0.25) is 0 Å². The molecule has 2 nitrogen and oxygen atoms in total. The largest absolute Gasteiger partial charge is 0.293 e. The molecule has 0 unspecified atom stereocenters. The van der Waals surface area contributed by atoms with Crippen LogP contribution >= 0.6 is 11.3 Å². The maximum absolute atomic E-state index is 13.0. The molecule has 0 amide bonds. The number of benzene rings is 1. The van der Waals surface area contributed by atoms with Gasteiger partial charge in [-0.1, -0.05) is 6.07 Å². The fraction of sp³-hybridized carbons (Fsp3) is 0.167. The summed E-state index contributed by atoms with van der Waals surface area (Å²) in [5.74, 6) is -1.97. The lowest BCUT2D eigenvalue weighted by molar-refractivity contribution is 0.0996. The first-order chi connectivity index (χ1) is 8.08. The second-order valence-corrected chi connectivity index (χ2v) is 4.47. The normalized spacial score (nSPS) is 10.5. The molecule has 1 heterocycles. The van der Waals surface area contributed by atoms with E-state index in [1.165, 1.54) is 17.4 Å². The summed E-state index contributed by atoms with van der Waals surface area (Å²) in [6, 6.07) is 3.48. The Morgan fingerprint density at radius 1 is 1.35 bits per heavy atom. The van der Waals surface area contributed by atoms with Gasteiger partial charge in [-0.2, -0.15) is 0 Å². The third-order valence-electron chi connectivity index (χ3n) is 2.35. The van der Waals surface area contributed by atoms with Crippen LogP contribution in [0.15, 0.2) is 23.7 Å². The number of carbonyl (C=O) groups excluding carboxylic acids is 1. The zero-order chi connectivity index (χ0) is 12.4. The number of halogens is 2. The summed E-state index contributed by atoms with van der Waals surface area (Å²) in [5.41, 5.74) is 2.72. The number of carbonyl (C=O) groups is 1. The molecule has 0 atom stereocenters. The van der Waals surface area contributed by atoms with Gasteiger partial charge in [0, 0.05) is 6.42 Å². The van der Waals surface area contributed by atoms with Crippen LogP contribution in [0.3, 0.4) is 0 Å². The molecule has 5 heteroatoms. The van der Waals surface area contributed by atoms with Crippen molar-refractivity contribution in [3.8, 4) is 0 Å². The molecule has 2 rings (SSSR count). The van der Waals surface area contributed by atoms with E-state index in [0.717, 1.165) is 12.1 Å². The topological polar surface area (TPSA) is 30.0 Å². The number of nitrogens with zero attached hydrogens (tertiary/aromatic N) is 1. The fourth-order valence-corrected chi connectivity index (χ4v) is 2.23. The predicted octanol–water partition coefficient (Wildman–Crippen LogP) is 3.16. The van der Waals surface area contributed by atoms with Gasteiger partial charge in [-0.15, -0.1) is 11.3 Å². The second-order valence-electron chi connectivity index (χ2n) is 3.62. The molecule has 0 fully saturated rings. The van der Waals surface area contributed by atoms with Crippen LogP contribution in [0.5, 0.6) is 0 Å². The van der Waals surface area contributed by atoms with Crippen molar-refractivity contribution < 1.29 is 13.6 Å². The van der Waals surface area contributed by atoms with Gasteiger partial charge in [0.15, 0.2) is 17.4 Å². The lowest BCUT2D eigenvalue weighted by atomic mass is 10.1. The number of rotatable bonds is 3. The van der Waals surface area contributed by atoms with E-state index >= 15 is 0 Å². The van der Waals surface area contributed by atoms with Gasteiger partial charge in [0.05, 0.1) is 16.1 Å². The standard InChI is InChI=1S/C12H9F2NOS/c1-7-12(17-6-15-7)11(16)5-8-2-3-9(13)10(14)4-8/h2-4,6H,5H2,1H3. The van der Waals surface area contributed by atoms with E-state index in [2.05, 4.69) is 4.98 Å². The van der Waals surface area contributed by atoms with Gasteiger partial charge in [0.1, 0.15) is 0 Å². The van der Waals surface area contributed by atoms with E-state index in [-0.39, 0.29) is 12.2 Å². The molecule has 1 aromatic heterocycles. The van der Waals surface area contributed by atoms with Crippen molar-refractivity contribution in [1.82, 2.24) is 4.98 Å². The third kappa shape index (κ3) is 2.55. The highest BCUT2D eigenvalue weighted by atomic mass is 32.1. The smallest absolute Gasteiger partial charge is 0.179 e. The Labute approximate surface area is 101 Å². The van der Waals surface area contributed by atoms with Crippen molar-refractivity contribution in [3.63, 3.8) is 0 Å². The molecule has 0 aliphatic carbocycles.